The second kappa shape index (κ2) is 10.3. The largest absolute Gasteiger partial charge is 0.493 e. The summed E-state index contributed by atoms with van der Waals surface area (Å²) >= 11 is 0. The Balaban J connectivity index is 1.25. The molecule has 7 rings (SSSR count). The van der Waals surface area contributed by atoms with Crippen molar-refractivity contribution >= 4 is 22.6 Å². The van der Waals surface area contributed by atoms with Crippen LogP contribution in [0.3, 0.4) is 0 Å². The van der Waals surface area contributed by atoms with E-state index < -0.39 is 0 Å². The molecule has 1 atom stereocenters. The van der Waals surface area contributed by atoms with Gasteiger partial charge in [0.1, 0.15) is 12.1 Å². The Labute approximate surface area is 235 Å². The minimum absolute atomic E-state index is 0.0800. The lowest BCUT2D eigenvalue weighted by molar-refractivity contribution is 0.126. The first-order valence-electron chi connectivity index (χ1n) is 13.1. The molecule has 0 spiro atoms. The zero-order chi connectivity index (χ0) is 27.8. The van der Waals surface area contributed by atoms with E-state index in [1.54, 1.807) is 31.3 Å². The van der Waals surface area contributed by atoms with Crippen LogP contribution in [0.4, 0.5) is 0 Å². The quantitative estimate of drug-likeness (QED) is 0.176. The number of aromatic nitrogens is 4. The normalized spacial score (nSPS) is 14.0. The van der Waals surface area contributed by atoms with Crippen LogP contribution in [0, 0.1) is 0 Å². The van der Waals surface area contributed by atoms with Crippen molar-refractivity contribution in [3.05, 3.63) is 119 Å². The number of hydrogen-bond acceptors (Lipinski definition) is 8. The molecule has 6 aromatic rings. The molecule has 4 aromatic carbocycles. The van der Waals surface area contributed by atoms with Crippen LogP contribution in [0.15, 0.2) is 96.4 Å². The molecule has 202 valence electrons. The number of oxime groups is 1. The van der Waals surface area contributed by atoms with Crippen molar-refractivity contribution in [2.75, 3.05) is 14.2 Å². The van der Waals surface area contributed by atoms with E-state index in [1.165, 1.54) is 0 Å². The van der Waals surface area contributed by atoms with Crippen molar-refractivity contribution in [2.24, 2.45) is 5.16 Å². The molecule has 0 fully saturated rings. The fourth-order valence-electron chi connectivity index (χ4n) is 5.31. The summed E-state index contributed by atoms with van der Waals surface area (Å²) < 4.78 is 18.7. The molecule has 0 radical (unpaired) electrons. The third kappa shape index (κ3) is 4.37. The van der Waals surface area contributed by atoms with Crippen LogP contribution in [-0.4, -0.2) is 40.0 Å². The van der Waals surface area contributed by atoms with Crippen molar-refractivity contribution in [2.45, 2.75) is 12.5 Å². The molecule has 3 heterocycles. The fourth-order valence-corrected chi connectivity index (χ4v) is 5.31. The summed E-state index contributed by atoms with van der Waals surface area (Å²) in [6, 6.07) is 28.3. The molecule has 41 heavy (non-hydrogen) atoms. The van der Waals surface area contributed by atoms with Gasteiger partial charge in [0.05, 0.1) is 26.0 Å². The van der Waals surface area contributed by atoms with Crippen LogP contribution >= 0.6 is 0 Å². The van der Waals surface area contributed by atoms with Gasteiger partial charge in [0, 0.05) is 17.0 Å². The van der Waals surface area contributed by atoms with E-state index in [9.17, 15) is 0 Å². The van der Waals surface area contributed by atoms with Gasteiger partial charge in [0.25, 0.3) is 0 Å². The summed E-state index contributed by atoms with van der Waals surface area (Å²) in [4.78, 5) is 15.0. The van der Waals surface area contributed by atoms with Crippen molar-refractivity contribution in [1.82, 2.24) is 19.6 Å². The lowest BCUT2D eigenvalue weighted by Crippen LogP contribution is -2.15. The Bertz CT molecular complexity index is 1920. The summed E-state index contributed by atoms with van der Waals surface area (Å²) in [5.74, 6) is 2.87. The molecule has 9 heteroatoms. The van der Waals surface area contributed by atoms with E-state index in [-0.39, 0.29) is 12.5 Å². The van der Waals surface area contributed by atoms with E-state index in [4.69, 9.17) is 24.0 Å². The lowest BCUT2D eigenvalue weighted by atomic mass is 9.81. The molecule has 0 N–H and O–H groups in total. The molecule has 0 amide bonds. The van der Waals surface area contributed by atoms with Crippen molar-refractivity contribution in [3.8, 4) is 23.1 Å². The van der Waals surface area contributed by atoms with Gasteiger partial charge in [-0.15, -0.1) is 5.10 Å². The molecule has 0 saturated heterocycles. The summed E-state index contributed by atoms with van der Waals surface area (Å²) in [5, 5.41) is 11.0. The van der Waals surface area contributed by atoms with Gasteiger partial charge in [0.2, 0.25) is 5.88 Å². The van der Waals surface area contributed by atoms with Crippen LogP contribution < -0.4 is 14.2 Å². The zero-order valence-electron chi connectivity index (χ0n) is 22.4. The van der Waals surface area contributed by atoms with Gasteiger partial charge in [-0.3, -0.25) is 0 Å². The van der Waals surface area contributed by atoms with Gasteiger partial charge < -0.3 is 19.0 Å². The maximum Gasteiger partial charge on any atom is 0.228 e. The fraction of sp³-hybridized carbons (Fsp3) is 0.125. The molecule has 0 aliphatic carbocycles. The Hall–Kier alpha value is -5.44. The van der Waals surface area contributed by atoms with Crippen molar-refractivity contribution < 1.29 is 19.0 Å². The average molecular weight is 544 g/mol. The van der Waals surface area contributed by atoms with E-state index >= 15 is 0 Å². The minimum atomic E-state index is -0.154. The summed E-state index contributed by atoms with van der Waals surface area (Å²) in [7, 11) is 3.19. The highest BCUT2D eigenvalue weighted by Crippen LogP contribution is 2.50. The van der Waals surface area contributed by atoms with Crippen molar-refractivity contribution in [1.29, 1.82) is 0 Å². The van der Waals surface area contributed by atoms with Gasteiger partial charge in [0.15, 0.2) is 29.6 Å². The highest BCUT2D eigenvalue weighted by atomic mass is 16.6. The Morgan fingerprint density at radius 1 is 0.902 bits per heavy atom. The second-order valence-electron chi connectivity index (χ2n) is 9.53. The number of rotatable bonds is 7. The van der Waals surface area contributed by atoms with Crippen LogP contribution in [0.1, 0.15) is 34.0 Å². The number of hydrogen-bond donors (Lipinski definition) is 0. The number of ether oxygens (including phenoxy) is 3. The van der Waals surface area contributed by atoms with Crippen LogP contribution in [0.5, 0.6) is 23.1 Å². The standard InChI is InChI=1S/C32H25N5O4/c1-38-24-14-12-20(16-26(24)39-2)17-34-40-18-27-35-31-30-28(22-9-4-3-5-10-22)29-23-11-7-6-8-21(23)13-15-25(29)41-32(30)33-19-37(31)36-27/h3-17,19,28H,18H2,1-2H3. The number of benzene rings is 4. The molecule has 2 aromatic heterocycles. The van der Waals surface area contributed by atoms with Gasteiger partial charge in [-0.2, -0.15) is 0 Å². The maximum atomic E-state index is 6.37. The molecule has 1 aliphatic heterocycles. The molecular formula is C32H25N5O4. The van der Waals surface area contributed by atoms with Crippen LogP contribution in [0.25, 0.3) is 16.4 Å². The summed E-state index contributed by atoms with van der Waals surface area (Å²) in [6.45, 7) is 0.0800. The predicted molar refractivity (Wildman–Crippen MR) is 154 cm³/mol. The molecule has 1 aliphatic rings. The zero-order valence-corrected chi connectivity index (χ0v) is 22.4. The first-order chi connectivity index (χ1) is 20.2. The molecular weight excluding hydrogens is 518 g/mol. The molecule has 0 saturated carbocycles. The lowest BCUT2D eigenvalue weighted by Gasteiger charge is -2.29. The number of fused-ring (bicyclic) bond motifs is 6. The Kier molecular flexibility index (Phi) is 6.16. The summed E-state index contributed by atoms with van der Waals surface area (Å²) in [5.41, 5.74) is 4.51. The van der Waals surface area contributed by atoms with E-state index in [2.05, 4.69) is 45.6 Å². The monoisotopic (exact) mass is 543 g/mol. The van der Waals surface area contributed by atoms with Crippen LogP contribution in [-0.2, 0) is 11.4 Å². The Morgan fingerprint density at radius 3 is 2.59 bits per heavy atom. The number of nitrogens with zero attached hydrogens (tertiary/aromatic N) is 5. The first kappa shape index (κ1) is 24.6. The van der Waals surface area contributed by atoms with Gasteiger partial charge >= 0.3 is 0 Å². The highest BCUT2D eigenvalue weighted by Gasteiger charge is 2.34. The summed E-state index contributed by atoms with van der Waals surface area (Å²) in [6.07, 6.45) is 3.22. The van der Waals surface area contributed by atoms with E-state index in [0.29, 0.717) is 28.9 Å². The molecule has 1 unspecified atom stereocenters. The molecule has 0 bridgehead atoms. The topological polar surface area (TPSA) is 92.4 Å². The van der Waals surface area contributed by atoms with Crippen molar-refractivity contribution in [3.63, 3.8) is 0 Å². The smallest absolute Gasteiger partial charge is 0.228 e. The van der Waals surface area contributed by atoms with Gasteiger partial charge in [-0.05, 0) is 40.6 Å². The highest BCUT2D eigenvalue weighted by molar-refractivity contribution is 5.90. The van der Waals surface area contributed by atoms with E-state index in [0.717, 1.165) is 38.8 Å². The SMILES string of the molecule is COc1ccc(C=NOCc2nc3c4c(ncn3n2)Oc2ccc3ccccc3c2C4c2ccccc2)cc1OC. The van der Waals surface area contributed by atoms with Crippen LogP contribution in [0.2, 0.25) is 0 Å². The molecule has 9 nitrogen and oxygen atoms in total. The van der Waals surface area contributed by atoms with E-state index in [1.807, 2.05) is 54.6 Å². The number of methoxy groups -OCH3 is 2. The third-order valence-electron chi connectivity index (χ3n) is 7.16. The van der Waals surface area contributed by atoms with Gasteiger partial charge in [-0.25, -0.2) is 14.5 Å². The first-order valence-corrected chi connectivity index (χ1v) is 13.1. The predicted octanol–water partition coefficient (Wildman–Crippen LogP) is 6.13. The third-order valence-corrected chi connectivity index (χ3v) is 7.16. The second-order valence-corrected chi connectivity index (χ2v) is 9.53. The minimum Gasteiger partial charge on any atom is -0.493 e. The average Bonchev–Trinajstić information content (AvgIpc) is 3.45. The maximum absolute atomic E-state index is 6.37. The van der Waals surface area contributed by atoms with Gasteiger partial charge in [-0.1, -0.05) is 65.8 Å². The Morgan fingerprint density at radius 2 is 1.73 bits per heavy atom.